The molecule has 1 aromatic carbocycles. The lowest BCUT2D eigenvalue weighted by Gasteiger charge is -2.12. The number of aromatic amines is 1. The zero-order valence-corrected chi connectivity index (χ0v) is 10.6. The van der Waals surface area contributed by atoms with Crippen molar-refractivity contribution in [3.63, 3.8) is 0 Å². The molecule has 0 saturated heterocycles. The quantitative estimate of drug-likeness (QED) is 0.881. The Labute approximate surface area is 111 Å². The predicted octanol–water partition coefficient (Wildman–Crippen LogP) is 1.84. The molecule has 1 aromatic heterocycles. The number of hydrogen-bond acceptors (Lipinski definition) is 3. The summed E-state index contributed by atoms with van der Waals surface area (Å²) in [7, 11) is 0. The van der Waals surface area contributed by atoms with Gasteiger partial charge in [-0.15, -0.1) is 0 Å². The molecule has 0 aliphatic carbocycles. The molecule has 5 heteroatoms. The lowest BCUT2D eigenvalue weighted by atomic mass is 10.1. The molecule has 1 aliphatic rings. The van der Waals surface area contributed by atoms with Crippen LogP contribution >= 0.6 is 0 Å². The van der Waals surface area contributed by atoms with Crippen molar-refractivity contribution >= 4 is 5.91 Å². The lowest BCUT2D eigenvalue weighted by molar-refractivity contribution is 0.0938. The summed E-state index contributed by atoms with van der Waals surface area (Å²) in [6.45, 7) is 2.59. The lowest BCUT2D eigenvalue weighted by Crippen LogP contribution is -2.27. The van der Waals surface area contributed by atoms with Crippen LogP contribution in [0.1, 0.15) is 34.7 Å². The van der Waals surface area contributed by atoms with E-state index in [4.69, 9.17) is 4.74 Å². The second kappa shape index (κ2) is 4.76. The van der Waals surface area contributed by atoms with Crippen molar-refractivity contribution in [1.29, 1.82) is 0 Å². The molecular weight excluding hydrogens is 242 g/mol. The third kappa shape index (κ3) is 2.31. The Morgan fingerprint density at radius 1 is 1.53 bits per heavy atom. The van der Waals surface area contributed by atoms with E-state index in [0.717, 1.165) is 23.6 Å². The number of ether oxygens (including phenoxy) is 1. The van der Waals surface area contributed by atoms with E-state index in [1.165, 1.54) is 0 Å². The van der Waals surface area contributed by atoms with Crippen molar-refractivity contribution in [3.8, 4) is 5.75 Å². The highest BCUT2D eigenvalue weighted by molar-refractivity contribution is 5.94. The van der Waals surface area contributed by atoms with Crippen LogP contribution in [0.25, 0.3) is 0 Å². The van der Waals surface area contributed by atoms with Crippen molar-refractivity contribution < 1.29 is 9.53 Å². The largest absolute Gasteiger partial charge is 0.493 e. The number of nitrogens with zero attached hydrogens (tertiary/aromatic N) is 1. The maximum atomic E-state index is 12.2. The fourth-order valence-electron chi connectivity index (χ4n) is 2.19. The smallest absolute Gasteiger partial charge is 0.251 e. The van der Waals surface area contributed by atoms with Gasteiger partial charge in [0.1, 0.15) is 11.6 Å². The van der Waals surface area contributed by atoms with Crippen molar-refractivity contribution in [1.82, 2.24) is 15.3 Å². The summed E-state index contributed by atoms with van der Waals surface area (Å²) in [5.41, 5.74) is 1.75. The number of rotatable bonds is 3. The van der Waals surface area contributed by atoms with E-state index in [1.54, 1.807) is 18.5 Å². The van der Waals surface area contributed by atoms with Gasteiger partial charge in [-0.05, 0) is 30.7 Å². The molecule has 19 heavy (non-hydrogen) atoms. The summed E-state index contributed by atoms with van der Waals surface area (Å²) in [6, 6.07) is 5.39. The summed E-state index contributed by atoms with van der Waals surface area (Å²) in [5.74, 6) is 1.53. The highest BCUT2D eigenvalue weighted by atomic mass is 16.5. The van der Waals surface area contributed by atoms with Gasteiger partial charge >= 0.3 is 0 Å². The van der Waals surface area contributed by atoms with E-state index in [9.17, 15) is 4.79 Å². The highest BCUT2D eigenvalue weighted by Crippen LogP contribution is 2.26. The number of nitrogens with one attached hydrogen (secondary N) is 2. The molecule has 3 rings (SSSR count). The summed E-state index contributed by atoms with van der Waals surface area (Å²) in [4.78, 5) is 19.3. The van der Waals surface area contributed by atoms with Crippen LogP contribution in [0.15, 0.2) is 30.6 Å². The van der Waals surface area contributed by atoms with Gasteiger partial charge in [0.15, 0.2) is 0 Å². The zero-order chi connectivity index (χ0) is 13.2. The first-order valence-electron chi connectivity index (χ1n) is 6.30. The molecule has 0 spiro atoms. The van der Waals surface area contributed by atoms with Crippen LogP contribution in [0.3, 0.4) is 0 Å². The predicted molar refractivity (Wildman–Crippen MR) is 70.1 cm³/mol. The number of hydrogen-bond donors (Lipinski definition) is 2. The minimum absolute atomic E-state index is 0.0985. The molecule has 1 amide bonds. The van der Waals surface area contributed by atoms with E-state index >= 15 is 0 Å². The second-order valence-corrected chi connectivity index (χ2v) is 4.59. The molecule has 1 unspecified atom stereocenters. The van der Waals surface area contributed by atoms with Crippen LogP contribution < -0.4 is 10.1 Å². The fraction of sp³-hybridized carbons (Fsp3) is 0.286. The first kappa shape index (κ1) is 11.8. The third-order valence-electron chi connectivity index (χ3n) is 3.23. The maximum Gasteiger partial charge on any atom is 0.251 e. The number of fused-ring (bicyclic) bond motifs is 1. The summed E-state index contributed by atoms with van der Waals surface area (Å²) in [5, 5.41) is 2.92. The van der Waals surface area contributed by atoms with Gasteiger partial charge in [0, 0.05) is 24.4 Å². The van der Waals surface area contributed by atoms with Crippen molar-refractivity contribution in [2.45, 2.75) is 19.4 Å². The third-order valence-corrected chi connectivity index (χ3v) is 3.23. The molecule has 1 aliphatic heterocycles. The summed E-state index contributed by atoms with van der Waals surface area (Å²) >= 11 is 0. The molecule has 0 radical (unpaired) electrons. The van der Waals surface area contributed by atoms with E-state index < -0.39 is 0 Å². The number of carbonyl (C=O) groups is 1. The molecule has 98 valence electrons. The average Bonchev–Trinajstić information content (AvgIpc) is 3.09. The van der Waals surface area contributed by atoms with E-state index in [1.807, 2.05) is 19.1 Å². The van der Waals surface area contributed by atoms with E-state index in [-0.39, 0.29) is 11.9 Å². The Hall–Kier alpha value is -2.30. The molecule has 2 heterocycles. The monoisotopic (exact) mass is 257 g/mol. The molecule has 2 aromatic rings. The number of benzene rings is 1. The SMILES string of the molecule is CC(NC(=O)c1ccc2c(c1)CCO2)c1ncc[nH]1. The maximum absolute atomic E-state index is 12.2. The summed E-state index contributed by atoms with van der Waals surface area (Å²) < 4.78 is 5.43. The van der Waals surface area contributed by atoms with Gasteiger partial charge in [-0.3, -0.25) is 4.79 Å². The van der Waals surface area contributed by atoms with Gasteiger partial charge in [-0.1, -0.05) is 0 Å². The van der Waals surface area contributed by atoms with Crippen LogP contribution in [0.5, 0.6) is 5.75 Å². The fourth-order valence-corrected chi connectivity index (χ4v) is 2.19. The standard InChI is InChI=1S/C14H15N3O2/c1-9(13-15-5-6-16-13)17-14(18)11-2-3-12-10(8-11)4-7-19-12/h2-3,5-6,8-9H,4,7H2,1H3,(H,15,16)(H,17,18). The topological polar surface area (TPSA) is 67.0 Å². The van der Waals surface area contributed by atoms with Gasteiger partial charge in [-0.25, -0.2) is 4.98 Å². The van der Waals surface area contributed by atoms with Crippen LogP contribution in [0.4, 0.5) is 0 Å². The average molecular weight is 257 g/mol. The molecule has 1 atom stereocenters. The van der Waals surface area contributed by atoms with Crippen LogP contribution in [0.2, 0.25) is 0 Å². The van der Waals surface area contributed by atoms with E-state index in [2.05, 4.69) is 15.3 Å². The van der Waals surface area contributed by atoms with Crippen LogP contribution in [-0.2, 0) is 6.42 Å². The normalized spacial score (nSPS) is 14.6. The van der Waals surface area contributed by atoms with Crippen LogP contribution in [-0.4, -0.2) is 22.5 Å². The first-order chi connectivity index (χ1) is 9.24. The van der Waals surface area contributed by atoms with Crippen molar-refractivity contribution in [3.05, 3.63) is 47.5 Å². The second-order valence-electron chi connectivity index (χ2n) is 4.59. The van der Waals surface area contributed by atoms with E-state index in [0.29, 0.717) is 12.2 Å². The number of imidazole rings is 1. The number of H-pyrrole nitrogens is 1. The minimum atomic E-state index is -0.146. The molecule has 5 nitrogen and oxygen atoms in total. The molecular formula is C14H15N3O2. The van der Waals surface area contributed by atoms with Crippen molar-refractivity contribution in [2.75, 3.05) is 6.61 Å². The number of amides is 1. The van der Waals surface area contributed by atoms with Gasteiger partial charge in [0.05, 0.1) is 12.6 Å². The Morgan fingerprint density at radius 2 is 2.42 bits per heavy atom. The molecule has 2 N–H and O–H groups in total. The van der Waals surface area contributed by atoms with Gasteiger partial charge in [0.2, 0.25) is 0 Å². The van der Waals surface area contributed by atoms with Gasteiger partial charge in [-0.2, -0.15) is 0 Å². The molecule has 0 fully saturated rings. The number of aromatic nitrogens is 2. The molecule has 0 bridgehead atoms. The summed E-state index contributed by atoms with van der Waals surface area (Å²) in [6.07, 6.45) is 4.28. The van der Waals surface area contributed by atoms with Crippen molar-refractivity contribution in [2.24, 2.45) is 0 Å². The van der Waals surface area contributed by atoms with Gasteiger partial charge in [0.25, 0.3) is 5.91 Å². The Bertz CT molecular complexity index is 593. The Morgan fingerprint density at radius 3 is 3.21 bits per heavy atom. The number of carbonyl (C=O) groups excluding carboxylic acids is 1. The Kier molecular flexibility index (Phi) is 2.95. The highest BCUT2D eigenvalue weighted by Gasteiger charge is 2.17. The minimum Gasteiger partial charge on any atom is -0.493 e. The zero-order valence-electron chi connectivity index (χ0n) is 10.6. The first-order valence-corrected chi connectivity index (χ1v) is 6.30. The van der Waals surface area contributed by atoms with Gasteiger partial charge < -0.3 is 15.0 Å². The Balaban J connectivity index is 1.74. The molecule has 0 saturated carbocycles. The van der Waals surface area contributed by atoms with Crippen LogP contribution in [0, 0.1) is 0 Å².